The van der Waals surface area contributed by atoms with Crippen molar-refractivity contribution < 1.29 is 23.8 Å². The minimum Gasteiger partial charge on any atom is -0.497 e. The number of hydrogen-bond acceptors (Lipinski definition) is 6. The standard InChI is InChI=1S/C21H25NO5/c1-5-26-20(24)18-16(12-6-8-13(25-4)9-7-12)17-14(23)10-21(2,3)11-15(17)27-19(18)22/h6-9,16H,5,10-11,22H2,1-4H3/t16-/m0/s1. The fourth-order valence-electron chi connectivity index (χ4n) is 3.72. The molecule has 0 spiro atoms. The number of esters is 1. The Hall–Kier alpha value is -2.76. The van der Waals surface area contributed by atoms with Gasteiger partial charge in [0.15, 0.2) is 5.78 Å². The quantitative estimate of drug-likeness (QED) is 0.818. The van der Waals surface area contributed by atoms with E-state index in [2.05, 4.69) is 0 Å². The van der Waals surface area contributed by atoms with Crippen molar-refractivity contribution in [3.8, 4) is 5.75 Å². The molecule has 2 N–H and O–H groups in total. The molecule has 144 valence electrons. The summed E-state index contributed by atoms with van der Waals surface area (Å²) in [5.41, 5.74) is 7.34. The Kier molecular flexibility index (Phi) is 5.00. The monoisotopic (exact) mass is 371 g/mol. The minimum atomic E-state index is -0.609. The van der Waals surface area contributed by atoms with E-state index in [9.17, 15) is 9.59 Å². The third-order valence-electron chi connectivity index (χ3n) is 4.90. The highest BCUT2D eigenvalue weighted by Crippen LogP contribution is 2.48. The molecule has 0 saturated carbocycles. The van der Waals surface area contributed by atoms with E-state index in [1.54, 1.807) is 26.2 Å². The molecule has 0 bridgehead atoms. The van der Waals surface area contributed by atoms with Crippen molar-refractivity contribution in [1.82, 2.24) is 0 Å². The number of rotatable bonds is 4. The Morgan fingerprint density at radius 2 is 1.93 bits per heavy atom. The van der Waals surface area contributed by atoms with Crippen LogP contribution in [0.3, 0.4) is 0 Å². The first-order valence-corrected chi connectivity index (χ1v) is 9.02. The number of carbonyl (C=O) groups excluding carboxylic acids is 2. The maximum atomic E-state index is 13.0. The van der Waals surface area contributed by atoms with Crippen LogP contribution in [-0.4, -0.2) is 25.5 Å². The van der Waals surface area contributed by atoms with Crippen LogP contribution in [0.15, 0.2) is 47.1 Å². The van der Waals surface area contributed by atoms with E-state index in [1.807, 2.05) is 26.0 Å². The van der Waals surface area contributed by atoms with Crippen molar-refractivity contribution in [1.29, 1.82) is 0 Å². The highest BCUT2D eigenvalue weighted by Gasteiger charge is 2.44. The van der Waals surface area contributed by atoms with Gasteiger partial charge in [0.1, 0.15) is 17.1 Å². The van der Waals surface area contributed by atoms with Crippen LogP contribution in [-0.2, 0) is 19.1 Å². The third kappa shape index (κ3) is 3.56. The molecule has 0 saturated heterocycles. The lowest BCUT2D eigenvalue weighted by molar-refractivity contribution is -0.139. The average molecular weight is 371 g/mol. The van der Waals surface area contributed by atoms with Gasteiger partial charge in [0.25, 0.3) is 0 Å². The second kappa shape index (κ2) is 7.10. The number of benzene rings is 1. The molecule has 0 unspecified atom stereocenters. The summed E-state index contributed by atoms with van der Waals surface area (Å²) in [4.78, 5) is 25.6. The van der Waals surface area contributed by atoms with Crippen molar-refractivity contribution in [2.75, 3.05) is 13.7 Å². The average Bonchev–Trinajstić information content (AvgIpc) is 2.59. The van der Waals surface area contributed by atoms with Gasteiger partial charge in [-0.15, -0.1) is 0 Å². The van der Waals surface area contributed by atoms with Crippen molar-refractivity contribution >= 4 is 11.8 Å². The van der Waals surface area contributed by atoms with Gasteiger partial charge in [0, 0.05) is 18.4 Å². The van der Waals surface area contributed by atoms with Crippen LogP contribution in [0.1, 0.15) is 45.1 Å². The van der Waals surface area contributed by atoms with E-state index >= 15 is 0 Å². The number of allylic oxidation sites excluding steroid dienone is 2. The highest BCUT2D eigenvalue weighted by molar-refractivity contribution is 6.03. The lowest BCUT2D eigenvalue weighted by Gasteiger charge is -2.37. The molecule has 1 aliphatic heterocycles. The Bertz CT molecular complexity index is 833. The number of hydrogen-bond donors (Lipinski definition) is 1. The largest absolute Gasteiger partial charge is 0.497 e. The number of carbonyl (C=O) groups is 2. The maximum absolute atomic E-state index is 13.0. The van der Waals surface area contributed by atoms with Crippen LogP contribution in [0.4, 0.5) is 0 Å². The molecule has 0 fully saturated rings. The van der Waals surface area contributed by atoms with Gasteiger partial charge < -0.3 is 19.9 Å². The van der Waals surface area contributed by atoms with Crippen LogP contribution >= 0.6 is 0 Å². The van der Waals surface area contributed by atoms with Crippen molar-refractivity contribution in [2.24, 2.45) is 11.1 Å². The van der Waals surface area contributed by atoms with Gasteiger partial charge in [-0.2, -0.15) is 0 Å². The van der Waals surface area contributed by atoms with E-state index in [0.717, 1.165) is 5.56 Å². The van der Waals surface area contributed by atoms with Gasteiger partial charge in [-0.05, 0) is 30.0 Å². The predicted octanol–water partition coefficient (Wildman–Crippen LogP) is 3.19. The van der Waals surface area contributed by atoms with Crippen LogP contribution < -0.4 is 10.5 Å². The van der Waals surface area contributed by atoms with E-state index in [-0.39, 0.29) is 29.3 Å². The molecule has 6 heteroatoms. The molecule has 0 amide bonds. The van der Waals surface area contributed by atoms with Crippen LogP contribution in [0.5, 0.6) is 5.75 Å². The van der Waals surface area contributed by atoms with Crippen LogP contribution in [0.2, 0.25) is 0 Å². The zero-order valence-electron chi connectivity index (χ0n) is 16.1. The van der Waals surface area contributed by atoms with E-state index < -0.39 is 11.9 Å². The Morgan fingerprint density at radius 3 is 2.52 bits per heavy atom. The predicted molar refractivity (Wildman–Crippen MR) is 99.7 cm³/mol. The van der Waals surface area contributed by atoms with E-state index in [0.29, 0.717) is 29.9 Å². The first kappa shape index (κ1) is 19.0. The van der Waals surface area contributed by atoms with Crippen molar-refractivity contribution in [2.45, 2.75) is 39.5 Å². The van der Waals surface area contributed by atoms with Crippen LogP contribution in [0.25, 0.3) is 0 Å². The van der Waals surface area contributed by atoms with Crippen LogP contribution in [0, 0.1) is 5.41 Å². The molecule has 27 heavy (non-hydrogen) atoms. The maximum Gasteiger partial charge on any atom is 0.340 e. The Balaban J connectivity index is 2.15. The fraction of sp³-hybridized carbons (Fsp3) is 0.429. The molecule has 1 aromatic carbocycles. The molecule has 0 aromatic heterocycles. The lowest BCUT2D eigenvalue weighted by Crippen LogP contribution is -2.35. The molecular weight excluding hydrogens is 346 g/mol. The number of ketones is 1. The summed E-state index contributed by atoms with van der Waals surface area (Å²) in [6.07, 6.45) is 0.968. The second-order valence-corrected chi connectivity index (χ2v) is 7.58. The topological polar surface area (TPSA) is 87.9 Å². The molecule has 1 atom stereocenters. The highest BCUT2D eigenvalue weighted by atomic mass is 16.5. The first-order chi connectivity index (χ1) is 12.8. The summed E-state index contributed by atoms with van der Waals surface area (Å²) in [5.74, 6) is 0.0190. The summed E-state index contributed by atoms with van der Waals surface area (Å²) >= 11 is 0. The molecule has 3 rings (SSSR count). The van der Waals surface area contributed by atoms with Gasteiger partial charge in [0.05, 0.1) is 19.6 Å². The van der Waals surface area contributed by atoms with Crippen molar-refractivity contribution in [3.05, 3.63) is 52.6 Å². The first-order valence-electron chi connectivity index (χ1n) is 9.02. The van der Waals surface area contributed by atoms with Gasteiger partial charge in [-0.25, -0.2) is 4.79 Å². The smallest absolute Gasteiger partial charge is 0.340 e. The summed E-state index contributed by atoms with van der Waals surface area (Å²) in [7, 11) is 1.58. The summed E-state index contributed by atoms with van der Waals surface area (Å²) < 4.78 is 16.2. The molecule has 0 radical (unpaired) electrons. The van der Waals surface area contributed by atoms with Gasteiger partial charge in [0.2, 0.25) is 5.88 Å². The second-order valence-electron chi connectivity index (χ2n) is 7.58. The Labute approximate surface area is 159 Å². The zero-order chi connectivity index (χ0) is 19.8. The van der Waals surface area contributed by atoms with Gasteiger partial charge in [-0.1, -0.05) is 26.0 Å². The zero-order valence-corrected chi connectivity index (χ0v) is 16.1. The van der Waals surface area contributed by atoms with Gasteiger partial charge >= 0.3 is 5.97 Å². The molecule has 6 nitrogen and oxygen atoms in total. The number of methoxy groups -OCH3 is 1. The SMILES string of the molecule is CCOC(=O)C1=C(N)OC2=C(C(=O)CC(C)(C)C2)[C@@H]1c1ccc(OC)cc1. The fourth-order valence-corrected chi connectivity index (χ4v) is 3.72. The molecule has 1 aromatic rings. The molecular formula is C21H25NO5. The summed E-state index contributed by atoms with van der Waals surface area (Å²) in [5, 5.41) is 0. The van der Waals surface area contributed by atoms with Gasteiger partial charge in [-0.3, -0.25) is 4.79 Å². The minimum absolute atomic E-state index is 0.00137. The summed E-state index contributed by atoms with van der Waals surface area (Å²) in [6, 6.07) is 7.25. The van der Waals surface area contributed by atoms with Crippen molar-refractivity contribution in [3.63, 3.8) is 0 Å². The van der Waals surface area contributed by atoms with E-state index in [1.165, 1.54) is 0 Å². The molecule has 1 heterocycles. The Morgan fingerprint density at radius 1 is 1.26 bits per heavy atom. The summed E-state index contributed by atoms with van der Waals surface area (Å²) in [6.45, 7) is 5.96. The number of nitrogens with two attached hydrogens (primary N) is 1. The van der Waals surface area contributed by atoms with E-state index in [4.69, 9.17) is 19.9 Å². The molecule has 1 aliphatic carbocycles. The normalized spacial score (nSPS) is 21.5. The number of Topliss-reactive ketones (excluding diaryl/α,β-unsaturated/α-hetero) is 1. The molecule has 2 aliphatic rings. The third-order valence-corrected chi connectivity index (χ3v) is 4.90. The lowest BCUT2D eigenvalue weighted by atomic mass is 9.70. The number of ether oxygens (including phenoxy) is 3.